The van der Waals surface area contributed by atoms with Crippen molar-refractivity contribution < 1.29 is 8.78 Å². The molecule has 0 radical (unpaired) electrons. The van der Waals surface area contributed by atoms with E-state index in [1.807, 2.05) is 0 Å². The molecule has 0 saturated carbocycles. The molecule has 0 aliphatic carbocycles. The highest BCUT2D eigenvalue weighted by Crippen LogP contribution is 2.16. The number of hydrogen-bond acceptors (Lipinski definition) is 1. The maximum Gasteiger partial charge on any atom is 0.145 e. The van der Waals surface area contributed by atoms with Crippen LogP contribution in [0.4, 0.5) is 8.78 Å². The number of halogens is 2. The summed E-state index contributed by atoms with van der Waals surface area (Å²) in [6, 6.07) is 5.41. The van der Waals surface area contributed by atoms with Gasteiger partial charge in [-0.3, -0.25) is 4.98 Å². The normalized spacial score (nSPS) is 10.7. The molecule has 0 saturated heterocycles. The molecule has 0 spiro atoms. The van der Waals surface area contributed by atoms with E-state index in [2.05, 4.69) is 4.98 Å². The summed E-state index contributed by atoms with van der Waals surface area (Å²) < 4.78 is 25.7. The van der Waals surface area contributed by atoms with Crippen molar-refractivity contribution in [3.05, 3.63) is 41.6 Å². The van der Waals surface area contributed by atoms with E-state index < -0.39 is 5.82 Å². The second-order valence-corrected chi connectivity index (χ2v) is 2.89. The van der Waals surface area contributed by atoms with Gasteiger partial charge in [0.25, 0.3) is 0 Å². The van der Waals surface area contributed by atoms with Crippen LogP contribution >= 0.6 is 0 Å². The zero-order chi connectivity index (χ0) is 9.42. The zero-order valence-electron chi connectivity index (χ0n) is 7.01. The van der Waals surface area contributed by atoms with E-state index in [-0.39, 0.29) is 5.82 Å². The highest BCUT2D eigenvalue weighted by molar-refractivity contribution is 5.78. The van der Waals surface area contributed by atoms with Crippen molar-refractivity contribution in [2.75, 3.05) is 0 Å². The first-order valence-electron chi connectivity index (χ1n) is 3.89. The lowest BCUT2D eigenvalue weighted by atomic mass is 10.2. The topological polar surface area (TPSA) is 12.9 Å². The Balaban J connectivity index is 2.81. The van der Waals surface area contributed by atoms with Crippen molar-refractivity contribution in [2.45, 2.75) is 6.92 Å². The molecule has 13 heavy (non-hydrogen) atoms. The van der Waals surface area contributed by atoms with Crippen LogP contribution in [0.1, 0.15) is 5.69 Å². The first-order valence-corrected chi connectivity index (χ1v) is 3.89. The fourth-order valence-electron chi connectivity index (χ4n) is 1.22. The summed E-state index contributed by atoms with van der Waals surface area (Å²) in [4.78, 5) is 3.97. The fourth-order valence-corrected chi connectivity index (χ4v) is 1.22. The second kappa shape index (κ2) is 2.76. The lowest BCUT2D eigenvalue weighted by molar-refractivity contribution is 0.611. The molecule has 0 atom stereocenters. The van der Waals surface area contributed by atoms with Gasteiger partial charge in [0.2, 0.25) is 0 Å². The van der Waals surface area contributed by atoms with Gasteiger partial charge in [-0.25, -0.2) is 8.78 Å². The van der Waals surface area contributed by atoms with Crippen LogP contribution in [-0.2, 0) is 0 Å². The largest absolute Gasteiger partial charge is 0.250 e. The van der Waals surface area contributed by atoms with Crippen LogP contribution in [0.3, 0.4) is 0 Å². The number of nitrogens with zero attached hydrogens (tertiary/aromatic N) is 1. The molecule has 0 bridgehead atoms. The lowest BCUT2D eigenvalue weighted by Gasteiger charge is -1.99. The molecule has 0 fully saturated rings. The number of rotatable bonds is 0. The Hall–Kier alpha value is -1.51. The maximum absolute atomic E-state index is 13.0. The van der Waals surface area contributed by atoms with Crippen LogP contribution in [0.2, 0.25) is 0 Å². The molecule has 1 aromatic heterocycles. The summed E-state index contributed by atoms with van der Waals surface area (Å²) >= 11 is 0. The Morgan fingerprint density at radius 3 is 2.69 bits per heavy atom. The van der Waals surface area contributed by atoms with Gasteiger partial charge >= 0.3 is 0 Å². The van der Waals surface area contributed by atoms with Gasteiger partial charge in [-0.1, -0.05) is 0 Å². The Morgan fingerprint density at radius 2 is 1.92 bits per heavy atom. The molecule has 1 nitrogen and oxygen atoms in total. The quantitative estimate of drug-likeness (QED) is 0.606. The summed E-state index contributed by atoms with van der Waals surface area (Å²) in [7, 11) is 0. The van der Waals surface area contributed by atoms with Gasteiger partial charge in [-0.05, 0) is 31.2 Å². The van der Waals surface area contributed by atoms with Gasteiger partial charge in [0.15, 0.2) is 0 Å². The van der Waals surface area contributed by atoms with Crippen LogP contribution < -0.4 is 0 Å². The Bertz CT molecular complexity index is 466. The van der Waals surface area contributed by atoms with Gasteiger partial charge in [0.1, 0.15) is 11.6 Å². The van der Waals surface area contributed by atoms with Crippen molar-refractivity contribution in [3.8, 4) is 0 Å². The molecular weight excluding hydrogens is 172 g/mol. The number of pyridine rings is 1. The Labute approximate surface area is 74.0 Å². The van der Waals surface area contributed by atoms with Gasteiger partial charge < -0.3 is 0 Å². The number of aromatic nitrogens is 1. The molecule has 3 heteroatoms. The first kappa shape index (κ1) is 8.10. The van der Waals surface area contributed by atoms with Crippen LogP contribution in [-0.4, -0.2) is 4.98 Å². The van der Waals surface area contributed by atoms with Crippen LogP contribution in [0.25, 0.3) is 10.9 Å². The minimum Gasteiger partial charge on any atom is -0.250 e. The molecule has 0 aliphatic rings. The molecule has 1 aromatic carbocycles. The smallest absolute Gasteiger partial charge is 0.145 e. The van der Waals surface area contributed by atoms with Crippen LogP contribution in [0.15, 0.2) is 24.3 Å². The van der Waals surface area contributed by atoms with Crippen LogP contribution in [0.5, 0.6) is 0 Å². The van der Waals surface area contributed by atoms with Gasteiger partial charge in [-0.15, -0.1) is 0 Å². The van der Waals surface area contributed by atoms with Crippen molar-refractivity contribution in [1.82, 2.24) is 4.98 Å². The summed E-state index contributed by atoms with van der Waals surface area (Å²) in [5, 5.41) is 0.489. The highest BCUT2D eigenvalue weighted by Gasteiger charge is 2.02. The van der Waals surface area contributed by atoms with Crippen molar-refractivity contribution in [1.29, 1.82) is 0 Å². The summed E-state index contributed by atoms with van der Waals surface area (Å²) in [5.74, 6) is -0.782. The summed E-state index contributed by atoms with van der Waals surface area (Å²) in [5.41, 5.74) is 0.944. The van der Waals surface area contributed by atoms with Gasteiger partial charge in [0, 0.05) is 5.39 Å². The third kappa shape index (κ3) is 1.37. The molecule has 0 unspecified atom stereocenters. The second-order valence-electron chi connectivity index (χ2n) is 2.89. The molecule has 0 amide bonds. The summed E-state index contributed by atoms with van der Waals surface area (Å²) in [6.45, 7) is 1.58. The van der Waals surface area contributed by atoms with E-state index in [9.17, 15) is 8.78 Å². The average Bonchev–Trinajstić information content (AvgIpc) is 2.08. The SMILES string of the molecule is Cc1nc2ccc(F)cc2cc1F. The Kier molecular flexibility index (Phi) is 1.72. The molecule has 0 aliphatic heterocycles. The molecule has 1 heterocycles. The number of aryl methyl sites for hydroxylation is 1. The Morgan fingerprint density at radius 1 is 1.15 bits per heavy atom. The average molecular weight is 179 g/mol. The number of benzene rings is 1. The zero-order valence-corrected chi connectivity index (χ0v) is 7.01. The highest BCUT2D eigenvalue weighted by atomic mass is 19.1. The van der Waals surface area contributed by atoms with Gasteiger partial charge in [-0.2, -0.15) is 0 Å². The third-order valence-electron chi connectivity index (χ3n) is 1.91. The van der Waals surface area contributed by atoms with Crippen molar-refractivity contribution in [2.24, 2.45) is 0 Å². The van der Waals surface area contributed by atoms with Crippen molar-refractivity contribution in [3.63, 3.8) is 0 Å². The van der Waals surface area contributed by atoms with Crippen molar-refractivity contribution >= 4 is 10.9 Å². The van der Waals surface area contributed by atoms with E-state index in [1.54, 1.807) is 6.92 Å². The molecule has 66 valence electrons. The van der Waals surface area contributed by atoms with Gasteiger partial charge in [0.05, 0.1) is 11.2 Å². The first-order chi connectivity index (χ1) is 6.16. The molecule has 0 N–H and O–H groups in total. The molecule has 2 aromatic rings. The van der Waals surface area contributed by atoms with E-state index in [1.165, 1.54) is 24.3 Å². The summed E-state index contributed by atoms with van der Waals surface area (Å²) in [6.07, 6.45) is 0. The number of hydrogen-bond donors (Lipinski definition) is 0. The van der Waals surface area contributed by atoms with E-state index in [4.69, 9.17) is 0 Å². The monoisotopic (exact) mass is 179 g/mol. The minimum atomic E-state index is -0.405. The van der Waals surface area contributed by atoms with Crippen LogP contribution in [0, 0.1) is 18.6 Å². The van der Waals surface area contributed by atoms with E-state index in [0.717, 1.165) is 0 Å². The third-order valence-corrected chi connectivity index (χ3v) is 1.91. The predicted octanol–water partition coefficient (Wildman–Crippen LogP) is 2.82. The van der Waals surface area contributed by atoms with E-state index >= 15 is 0 Å². The molecule has 2 rings (SSSR count). The number of fused-ring (bicyclic) bond motifs is 1. The molecular formula is C10H7F2N. The lowest BCUT2D eigenvalue weighted by Crippen LogP contribution is -1.89. The standard InChI is InChI=1S/C10H7F2N/c1-6-9(12)5-7-4-8(11)2-3-10(7)13-6/h2-5H,1H3. The predicted molar refractivity (Wildman–Crippen MR) is 46.4 cm³/mol. The maximum atomic E-state index is 13.0. The van der Waals surface area contributed by atoms with E-state index in [0.29, 0.717) is 16.6 Å². The fraction of sp³-hybridized carbons (Fsp3) is 0.100. The minimum absolute atomic E-state index is 0.333.